The maximum absolute atomic E-state index is 12.6. The second kappa shape index (κ2) is 10.2. The molecule has 0 atom stereocenters. The number of carbonyl (C=O) groups is 2. The first-order valence-corrected chi connectivity index (χ1v) is 10.0. The number of nitrogens with one attached hydrogen (secondary N) is 2. The Morgan fingerprint density at radius 3 is 2.50 bits per heavy atom. The summed E-state index contributed by atoms with van der Waals surface area (Å²) in [6.07, 6.45) is 7.55. The monoisotopic (exact) mass is 388 g/mol. The van der Waals surface area contributed by atoms with Crippen LogP contribution in [-0.2, 0) is 9.59 Å². The van der Waals surface area contributed by atoms with E-state index in [2.05, 4.69) is 10.6 Å². The number of hydrogen-bond acceptors (Lipinski definition) is 4. The van der Waals surface area contributed by atoms with E-state index in [9.17, 15) is 9.59 Å². The maximum Gasteiger partial charge on any atom is 0.245 e. The van der Waals surface area contributed by atoms with Crippen molar-refractivity contribution in [2.45, 2.75) is 64.5 Å². The topological polar surface area (TPSA) is 76.7 Å². The minimum absolute atomic E-state index is 0.0435. The molecule has 2 rings (SSSR count). The van der Waals surface area contributed by atoms with Crippen LogP contribution in [0, 0.1) is 0 Å². The third-order valence-corrected chi connectivity index (χ3v) is 4.82. The number of likely N-dealkylation sites (N-methyl/N-ethyl adjacent to an activating group) is 1. The molecule has 0 aliphatic heterocycles. The number of ether oxygens (including phenoxy) is 2. The van der Waals surface area contributed by atoms with E-state index in [0.717, 1.165) is 24.8 Å². The van der Waals surface area contributed by atoms with Crippen LogP contribution >= 0.6 is 0 Å². The molecule has 6 nitrogen and oxygen atoms in total. The fourth-order valence-corrected chi connectivity index (χ4v) is 3.48. The van der Waals surface area contributed by atoms with Crippen LogP contribution in [0.3, 0.4) is 0 Å². The number of carbonyl (C=O) groups excluding carboxylic acids is 2. The van der Waals surface area contributed by atoms with Gasteiger partial charge in [-0.1, -0.05) is 25.3 Å². The van der Waals surface area contributed by atoms with Gasteiger partial charge in [0.2, 0.25) is 11.8 Å². The van der Waals surface area contributed by atoms with Crippen molar-refractivity contribution >= 4 is 17.9 Å². The van der Waals surface area contributed by atoms with Gasteiger partial charge in [0, 0.05) is 12.6 Å². The van der Waals surface area contributed by atoms with Crippen molar-refractivity contribution in [2.24, 2.45) is 0 Å². The van der Waals surface area contributed by atoms with Crippen LogP contribution in [0.15, 0.2) is 24.3 Å². The van der Waals surface area contributed by atoms with E-state index in [1.807, 2.05) is 39.0 Å². The normalized spacial score (nSPS) is 16.0. The second-order valence-electron chi connectivity index (χ2n) is 7.40. The average Bonchev–Trinajstić information content (AvgIpc) is 2.67. The molecule has 1 aromatic rings. The molecule has 28 heavy (non-hydrogen) atoms. The SMILES string of the molecule is CCNC(=O)C1(NC(=O)/C=C/c2ccc(OC(C)C)c(OC)c2)CCCCC1. The van der Waals surface area contributed by atoms with Gasteiger partial charge in [0.1, 0.15) is 5.54 Å². The molecular weight excluding hydrogens is 356 g/mol. The van der Waals surface area contributed by atoms with Crippen molar-refractivity contribution in [1.29, 1.82) is 0 Å². The summed E-state index contributed by atoms with van der Waals surface area (Å²) in [6.45, 7) is 6.34. The van der Waals surface area contributed by atoms with E-state index < -0.39 is 5.54 Å². The molecule has 0 spiro atoms. The molecule has 0 aromatic heterocycles. The maximum atomic E-state index is 12.6. The van der Waals surface area contributed by atoms with E-state index in [4.69, 9.17) is 9.47 Å². The highest BCUT2D eigenvalue weighted by Gasteiger charge is 2.40. The minimum Gasteiger partial charge on any atom is -0.493 e. The molecule has 1 aromatic carbocycles. The van der Waals surface area contributed by atoms with E-state index in [-0.39, 0.29) is 17.9 Å². The Hall–Kier alpha value is -2.50. The second-order valence-corrected chi connectivity index (χ2v) is 7.40. The number of rotatable bonds is 8. The third kappa shape index (κ3) is 5.75. The lowest BCUT2D eigenvalue weighted by Crippen LogP contribution is -2.59. The molecule has 2 N–H and O–H groups in total. The van der Waals surface area contributed by atoms with Crippen LogP contribution in [0.4, 0.5) is 0 Å². The average molecular weight is 389 g/mol. The zero-order valence-electron chi connectivity index (χ0n) is 17.3. The Bertz CT molecular complexity index is 706. The molecule has 1 aliphatic carbocycles. The highest BCUT2D eigenvalue weighted by atomic mass is 16.5. The quantitative estimate of drug-likeness (QED) is 0.669. The lowest BCUT2D eigenvalue weighted by atomic mass is 9.80. The lowest BCUT2D eigenvalue weighted by molar-refractivity contribution is -0.133. The summed E-state index contributed by atoms with van der Waals surface area (Å²) >= 11 is 0. The van der Waals surface area contributed by atoms with Crippen molar-refractivity contribution in [3.05, 3.63) is 29.8 Å². The van der Waals surface area contributed by atoms with E-state index >= 15 is 0 Å². The van der Waals surface area contributed by atoms with E-state index in [1.54, 1.807) is 13.2 Å². The first-order chi connectivity index (χ1) is 13.4. The lowest BCUT2D eigenvalue weighted by Gasteiger charge is -2.36. The predicted octanol–water partition coefficient (Wildman–Crippen LogP) is 3.45. The zero-order chi connectivity index (χ0) is 20.6. The van der Waals surface area contributed by atoms with Gasteiger partial charge >= 0.3 is 0 Å². The molecule has 0 unspecified atom stereocenters. The molecule has 2 amide bonds. The number of benzene rings is 1. The Kier molecular flexibility index (Phi) is 7.91. The fourth-order valence-electron chi connectivity index (χ4n) is 3.48. The summed E-state index contributed by atoms with van der Waals surface area (Å²) in [6, 6.07) is 5.51. The van der Waals surface area contributed by atoms with Crippen LogP contribution in [-0.4, -0.2) is 37.1 Å². The van der Waals surface area contributed by atoms with Gasteiger partial charge in [-0.05, 0) is 57.4 Å². The van der Waals surface area contributed by atoms with Gasteiger partial charge in [0.25, 0.3) is 0 Å². The summed E-state index contributed by atoms with van der Waals surface area (Å²) in [5, 5.41) is 5.82. The Morgan fingerprint density at radius 2 is 1.89 bits per heavy atom. The summed E-state index contributed by atoms with van der Waals surface area (Å²) < 4.78 is 11.1. The molecule has 0 heterocycles. The smallest absolute Gasteiger partial charge is 0.245 e. The van der Waals surface area contributed by atoms with Crippen molar-refractivity contribution in [3.8, 4) is 11.5 Å². The van der Waals surface area contributed by atoms with E-state index in [0.29, 0.717) is 30.9 Å². The number of methoxy groups -OCH3 is 1. The molecule has 6 heteroatoms. The van der Waals surface area contributed by atoms with E-state index in [1.165, 1.54) is 6.08 Å². The highest BCUT2D eigenvalue weighted by Crippen LogP contribution is 2.30. The first kappa shape index (κ1) is 21.8. The van der Waals surface area contributed by atoms with Crippen molar-refractivity contribution < 1.29 is 19.1 Å². The fraction of sp³-hybridized carbons (Fsp3) is 0.545. The van der Waals surface area contributed by atoms with Crippen LogP contribution in [0.5, 0.6) is 11.5 Å². The molecule has 1 aliphatic rings. The van der Waals surface area contributed by atoms with Gasteiger partial charge in [0.15, 0.2) is 11.5 Å². The number of amides is 2. The first-order valence-electron chi connectivity index (χ1n) is 10.0. The molecule has 1 fully saturated rings. The summed E-state index contributed by atoms with van der Waals surface area (Å²) in [5.41, 5.74) is 0.0151. The largest absolute Gasteiger partial charge is 0.493 e. The van der Waals surface area contributed by atoms with Crippen molar-refractivity contribution in [3.63, 3.8) is 0 Å². The molecule has 0 saturated heterocycles. The van der Waals surface area contributed by atoms with Crippen LogP contribution in [0.2, 0.25) is 0 Å². The van der Waals surface area contributed by atoms with Gasteiger partial charge in [-0.3, -0.25) is 9.59 Å². The standard InChI is InChI=1S/C22H32N2O4/c1-5-23-21(26)22(13-7-6-8-14-22)24-20(25)12-10-17-9-11-18(28-16(2)3)19(15-17)27-4/h9-12,15-16H,5-8,13-14H2,1-4H3,(H,23,26)(H,24,25)/b12-10+. The Balaban J connectivity index is 2.10. The number of hydrogen-bond donors (Lipinski definition) is 2. The summed E-state index contributed by atoms with van der Waals surface area (Å²) in [5.74, 6) is 0.918. The van der Waals surface area contributed by atoms with Gasteiger partial charge in [-0.15, -0.1) is 0 Å². The molecule has 0 radical (unpaired) electrons. The Labute approximate surface area is 167 Å². The highest BCUT2D eigenvalue weighted by molar-refractivity contribution is 5.97. The van der Waals surface area contributed by atoms with Crippen LogP contribution in [0.1, 0.15) is 58.4 Å². The zero-order valence-corrected chi connectivity index (χ0v) is 17.3. The molecule has 0 bridgehead atoms. The van der Waals surface area contributed by atoms with Crippen LogP contribution < -0.4 is 20.1 Å². The minimum atomic E-state index is -0.803. The van der Waals surface area contributed by atoms with Crippen LogP contribution in [0.25, 0.3) is 6.08 Å². The third-order valence-electron chi connectivity index (χ3n) is 4.82. The summed E-state index contributed by atoms with van der Waals surface area (Å²) in [7, 11) is 1.59. The van der Waals surface area contributed by atoms with Gasteiger partial charge in [0.05, 0.1) is 13.2 Å². The van der Waals surface area contributed by atoms with Gasteiger partial charge in [-0.2, -0.15) is 0 Å². The van der Waals surface area contributed by atoms with Gasteiger partial charge in [-0.25, -0.2) is 0 Å². The van der Waals surface area contributed by atoms with Crippen molar-refractivity contribution in [2.75, 3.05) is 13.7 Å². The summed E-state index contributed by atoms with van der Waals surface area (Å²) in [4.78, 5) is 25.1. The Morgan fingerprint density at radius 1 is 1.18 bits per heavy atom. The van der Waals surface area contributed by atoms with Gasteiger partial charge < -0.3 is 20.1 Å². The van der Waals surface area contributed by atoms with Crippen molar-refractivity contribution in [1.82, 2.24) is 10.6 Å². The molecule has 1 saturated carbocycles. The predicted molar refractivity (Wildman–Crippen MR) is 110 cm³/mol. The molecule has 154 valence electrons. The molecular formula is C22H32N2O4.